The summed E-state index contributed by atoms with van der Waals surface area (Å²) >= 11 is 5.88. The molecule has 0 aromatic heterocycles. The largest absolute Gasteiger partial charge is 0.398 e. The number of nitrogen functional groups attached to an aromatic ring is 1. The summed E-state index contributed by atoms with van der Waals surface area (Å²) in [5, 5.41) is 3.19. The van der Waals surface area contributed by atoms with Gasteiger partial charge in [0.05, 0.1) is 12.1 Å². The number of carbonyl (C=O) groups is 2. The van der Waals surface area contributed by atoms with Crippen LogP contribution < -0.4 is 11.1 Å². The third kappa shape index (κ3) is 4.42. The average molecular weight is 298 g/mol. The number of hydrogen-bond acceptors (Lipinski definition) is 3. The van der Waals surface area contributed by atoms with Crippen molar-refractivity contribution < 1.29 is 9.59 Å². The average Bonchev–Trinajstić information content (AvgIpc) is 2.37. The van der Waals surface area contributed by atoms with Crippen molar-refractivity contribution in [3.8, 4) is 0 Å². The highest BCUT2D eigenvalue weighted by molar-refractivity contribution is 6.31. The minimum absolute atomic E-state index is 0.000529. The molecule has 2 amide bonds. The second-order valence-electron chi connectivity index (χ2n) is 4.77. The molecule has 0 bridgehead atoms. The molecular formula is C14H20ClN3O2. The molecule has 1 aromatic rings. The first-order valence-electron chi connectivity index (χ1n) is 6.48. The number of anilines is 1. The van der Waals surface area contributed by atoms with Gasteiger partial charge in [0.15, 0.2) is 0 Å². The standard InChI is InChI=1S/C14H20ClN3O2/c1-4-18(8-13(19)17-9(2)3)14(20)11-7-10(15)5-6-12(11)16/h5-7,9H,4,8,16H2,1-3H3,(H,17,19). The zero-order valence-electron chi connectivity index (χ0n) is 11.9. The second-order valence-corrected chi connectivity index (χ2v) is 5.21. The number of likely N-dealkylation sites (N-methyl/N-ethyl adjacent to an activating group) is 1. The van der Waals surface area contributed by atoms with Gasteiger partial charge >= 0.3 is 0 Å². The van der Waals surface area contributed by atoms with Crippen LogP contribution in [0.2, 0.25) is 5.02 Å². The summed E-state index contributed by atoms with van der Waals surface area (Å²) < 4.78 is 0. The van der Waals surface area contributed by atoms with Gasteiger partial charge in [0.2, 0.25) is 5.91 Å². The SMILES string of the molecule is CCN(CC(=O)NC(C)C)C(=O)c1cc(Cl)ccc1N. The Bertz CT molecular complexity index is 503. The van der Waals surface area contributed by atoms with Crippen molar-refractivity contribution >= 4 is 29.1 Å². The lowest BCUT2D eigenvalue weighted by molar-refractivity contribution is -0.122. The Kier molecular flexibility index (Phi) is 5.82. The maximum absolute atomic E-state index is 12.4. The molecule has 3 N–H and O–H groups in total. The number of benzene rings is 1. The highest BCUT2D eigenvalue weighted by atomic mass is 35.5. The van der Waals surface area contributed by atoms with E-state index in [0.29, 0.717) is 22.8 Å². The van der Waals surface area contributed by atoms with E-state index in [1.54, 1.807) is 19.1 Å². The molecule has 0 aliphatic rings. The molecule has 6 heteroatoms. The summed E-state index contributed by atoms with van der Waals surface area (Å²) in [6.45, 7) is 5.95. The molecular weight excluding hydrogens is 278 g/mol. The van der Waals surface area contributed by atoms with Gasteiger partial charge in [0, 0.05) is 23.3 Å². The molecule has 0 saturated carbocycles. The van der Waals surface area contributed by atoms with Crippen molar-refractivity contribution in [3.05, 3.63) is 28.8 Å². The molecule has 5 nitrogen and oxygen atoms in total. The normalized spacial score (nSPS) is 10.4. The van der Waals surface area contributed by atoms with Crippen LogP contribution in [0.25, 0.3) is 0 Å². The van der Waals surface area contributed by atoms with Crippen LogP contribution in [0.15, 0.2) is 18.2 Å². The first-order chi connectivity index (χ1) is 9.35. The molecule has 0 aliphatic heterocycles. The lowest BCUT2D eigenvalue weighted by atomic mass is 10.1. The van der Waals surface area contributed by atoms with E-state index in [1.165, 1.54) is 11.0 Å². The number of nitrogens with zero attached hydrogens (tertiary/aromatic N) is 1. The Hall–Kier alpha value is -1.75. The van der Waals surface area contributed by atoms with E-state index in [9.17, 15) is 9.59 Å². The topological polar surface area (TPSA) is 75.4 Å². The molecule has 110 valence electrons. The number of nitrogens with one attached hydrogen (secondary N) is 1. The molecule has 0 saturated heterocycles. The molecule has 0 atom stereocenters. The Morgan fingerprint density at radius 1 is 1.40 bits per heavy atom. The van der Waals surface area contributed by atoms with Gasteiger partial charge in [-0.25, -0.2) is 0 Å². The van der Waals surface area contributed by atoms with Crippen molar-refractivity contribution in [3.63, 3.8) is 0 Å². The highest BCUT2D eigenvalue weighted by Gasteiger charge is 2.19. The summed E-state index contributed by atoms with van der Waals surface area (Å²) in [7, 11) is 0. The number of halogens is 1. The quantitative estimate of drug-likeness (QED) is 0.815. The Morgan fingerprint density at radius 2 is 2.05 bits per heavy atom. The van der Waals surface area contributed by atoms with E-state index in [0.717, 1.165) is 0 Å². The number of rotatable bonds is 5. The van der Waals surface area contributed by atoms with E-state index in [-0.39, 0.29) is 24.4 Å². The fraction of sp³-hybridized carbons (Fsp3) is 0.429. The first kappa shape index (κ1) is 16.3. The van der Waals surface area contributed by atoms with Crippen LogP contribution in [-0.4, -0.2) is 35.8 Å². The lowest BCUT2D eigenvalue weighted by Crippen LogP contribution is -2.42. The summed E-state index contributed by atoms with van der Waals surface area (Å²) in [6, 6.07) is 4.75. The van der Waals surface area contributed by atoms with Crippen molar-refractivity contribution in [2.45, 2.75) is 26.8 Å². The van der Waals surface area contributed by atoms with Crippen molar-refractivity contribution in [2.24, 2.45) is 0 Å². The van der Waals surface area contributed by atoms with Gasteiger partial charge in [-0.3, -0.25) is 9.59 Å². The Morgan fingerprint density at radius 3 is 2.60 bits per heavy atom. The van der Waals surface area contributed by atoms with E-state index in [4.69, 9.17) is 17.3 Å². The van der Waals surface area contributed by atoms with Gasteiger partial charge in [0.1, 0.15) is 0 Å². The van der Waals surface area contributed by atoms with E-state index < -0.39 is 0 Å². The third-order valence-corrected chi connectivity index (χ3v) is 2.93. The van der Waals surface area contributed by atoms with Crippen LogP contribution in [0.1, 0.15) is 31.1 Å². The van der Waals surface area contributed by atoms with Gasteiger partial charge in [-0.05, 0) is 39.0 Å². The predicted molar refractivity (Wildman–Crippen MR) is 80.7 cm³/mol. The van der Waals surface area contributed by atoms with Gasteiger partial charge in [0.25, 0.3) is 5.91 Å². The predicted octanol–water partition coefficient (Wildman–Crippen LogP) is 1.91. The number of carbonyl (C=O) groups excluding carboxylic acids is 2. The lowest BCUT2D eigenvalue weighted by Gasteiger charge is -2.22. The first-order valence-corrected chi connectivity index (χ1v) is 6.86. The van der Waals surface area contributed by atoms with Gasteiger partial charge in [-0.15, -0.1) is 0 Å². The van der Waals surface area contributed by atoms with Crippen LogP contribution in [0.5, 0.6) is 0 Å². The fourth-order valence-corrected chi connectivity index (χ4v) is 1.92. The Labute approximate surface area is 124 Å². The van der Waals surface area contributed by atoms with Gasteiger partial charge < -0.3 is 16.0 Å². The minimum Gasteiger partial charge on any atom is -0.398 e. The summed E-state index contributed by atoms with van der Waals surface area (Å²) in [6.07, 6.45) is 0. The van der Waals surface area contributed by atoms with E-state index in [2.05, 4.69) is 5.32 Å². The highest BCUT2D eigenvalue weighted by Crippen LogP contribution is 2.19. The van der Waals surface area contributed by atoms with Crippen LogP contribution in [0, 0.1) is 0 Å². The summed E-state index contributed by atoms with van der Waals surface area (Å²) in [4.78, 5) is 25.6. The maximum atomic E-state index is 12.4. The molecule has 0 heterocycles. The molecule has 1 aromatic carbocycles. The molecule has 0 spiro atoms. The van der Waals surface area contributed by atoms with Crippen molar-refractivity contribution in [1.29, 1.82) is 0 Å². The zero-order chi connectivity index (χ0) is 15.3. The van der Waals surface area contributed by atoms with Crippen LogP contribution in [-0.2, 0) is 4.79 Å². The van der Waals surface area contributed by atoms with Gasteiger partial charge in [-0.1, -0.05) is 11.6 Å². The third-order valence-electron chi connectivity index (χ3n) is 2.70. The molecule has 0 aliphatic carbocycles. The minimum atomic E-state index is -0.300. The molecule has 0 fully saturated rings. The van der Waals surface area contributed by atoms with Crippen molar-refractivity contribution in [1.82, 2.24) is 10.2 Å². The maximum Gasteiger partial charge on any atom is 0.256 e. The van der Waals surface area contributed by atoms with Crippen LogP contribution in [0.4, 0.5) is 5.69 Å². The van der Waals surface area contributed by atoms with Gasteiger partial charge in [-0.2, -0.15) is 0 Å². The van der Waals surface area contributed by atoms with Crippen LogP contribution in [0.3, 0.4) is 0 Å². The molecule has 0 radical (unpaired) electrons. The number of nitrogens with two attached hydrogens (primary N) is 1. The number of amides is 2. The van der Waals surface area contributed by atoms with Crippen LogP contribution >= 0.6 is 11.6 Å². The van der Waals surface area contributed by atoms with Crippen molar-refractivity contribution in [2.75, 3.05) is 18.8 Å². The van der Waals surface area contributed by atoms with E-state index >= 15 is 0 Å². The monoisotopic (exact) mass is 297 g/mol. The number of hydrogen-bond donors (Lipinski definition) is 2. The fourth-order valence-electron chi connectivity index (χ4n) is 1.75. The summed E-state index contributed by atoms with van der Waals surface area (Å²) in [5.74, 6) is -0.498. The molecule has 0 unspecified atom stereocenters. The molecule has 20 heavy (non-hydrogen) atoms. The molecule has 1 rings (SSSR count). The second kappa shape index (κ2) is 7.14. The zero-order valence-corrected chi connectivity index (χ0v) is 12.7. The smallest absolute Gasteiger partial charge is 0.256 e. The summed E-state index contributed by atoms with van der Waals surface area (Å²) in [5.41, 5.74) is 6.45. The Balaban J connectivity index is 2.86. The van der Waals surface area contributed by atoms with E-state index in [1.807, 2.05) is 13.8 Å².